The van der Waals surface area contributed by atoms with E-state index in [9.17, 15) is 24.3 Å². The van der Waals surface area contributed by atoms with Gasteiger partial charge in [0.25, 0.3) is 0 Å². The molecule has 1 aliphatic rings. The Hall–Kier alpha value is -2.53. The first kappa shape index (κ1) is 36.7. The zero-order valence-corrected chi connectivity index (χ0v) is 28.2. The molecule has 0 saturated carbocycles. The monoisotopic (exact) mass is 622 g/mol. The number of amides is 2. The minimum Gasteiger partial charge on any atom is -0.476 e. The fraction of sp³-hybridized carbons (Fsp3) is 0.781. The molecular formula is C32H54N4O6S. The maximum Gasteiger partial charge on any atom is 0.355 e. The molecule has 6 atom stereocenters. The second-order valence-electron chi connectivity index (χ2n) is 12.6. The van der Waals surface area contributed by atoms with Gasteiger partial charge in [-0.05, 0) is 44.1 Å². The number of nitrogens with one attached hydrogen (secondary N) is 1. The fourth-order valence-electron chi connectivity index (χ4n) is 5.77. The average molecular weight is 623 g/mol. The predicted molar refractivity (Wildman–Crippen MR) is 169 cm³/mol. The van der Waals surface area contributed by atoms with Gasteiger partial charge in [-0.1, -0.05) is 67.2 Å². The van der Waals surface area contributed by atoms with E-state index in [4.69, 9.17) is 4.74 Å². The third-order valence-corrected chi connectivity index (χ3v) is 9.63. The van der Waals surface area contributed by atoms with Gasteiger partial charge in [-0.15, -0.1) is 11.3 Å². The van der Waals surface area contributed by atoms with Crippen LogP contribution in [-0.4, -0.2) is 76.0 Å². The summed E-state index contributed by atoms with van der Waals surface area (Å²) in [7, 11) is 2.01. The van der Waals surface area contributed by atoms with Crippen LogP contribution in [0.25, 0.3) is 0 Å². The van der Waals surface area contributed by atoms with Crippen LogP contribution < -0.4 is 5.32 Å². The van der Waals surface area contributed by atoms with Crippen LogP contribution in [0, 0.1) is 23.7 Å². The van der Waals surface area contributed by atoms with Crippen molar-refractivity contribution >= 4 is 35.1 Å². The summed E-state index contributed by atoms with van der Waals surface area (Å²) in [5.41, 5.74) is -0.110. The van der Waals surface area contributed by atoms with E-state index >= 15 is 0 Å². The molecular weight excluding hydrogens is 568 g/mol. The number of nitrogens with zero attached hydrogens (tertiary/aromatic N) is 3. The number of aromatic nitrogens is 1. The smallest absolute Gasteiger partial charge is 0.355 e. The Kier molecular flexibility index (Phi) is 15.1. The Morgan fingerprint density at radius 2 is 1.88 bits per heavy atom. The van der Waals surface area contributed by atoms with Crippen molar-refractivity contribution in [3.05, 3.63) is 16.1 Å². The van der Waals surface area contributed by atoms with E-state index in [-0.39, 0.29) is 48.0 Å². The van der Waals surface area contributed by atoms with E-state index in [1.54, 1.807) is 0 Å². The number of esters is 1. The number of carbonyl (C=O) groups excluding carboxylic acids is 3. The highest BCUT2D eigenvalue weighted by Crippen LogP contribution is 2.33. The lowest BCUT2D eigenvalue weighted by Crippen LogP contribution is -2.56. The summed E-state index contributed by atoms with van der Waals surface area (Å²) in [5.74, 6) is -2.68. The summed E-state index contributed by atoms with van der Waals surface area (Å²) in [6.07, 6.45) is 5.75. The standard InChI is InChI=1S/C32H54N4O6S/c1-9-11-12-13-15-36(25(20(3)4)18-26(42-23(7)37)30-33-24(19-43-30)32(40)41)31(39)28(22(6)10-2)29(38)34-27-17-21(5)14-16-35(27)8/h19-22,25-28H,9-18H2,1-8H3,(H,34,38)(H,40,41)/t21-,22+,25-,26-,27-,28+/m1/s1. The van der Waals surface area contributed by atoms with Crippen molar-refractivity contribution in [2.24, 2.45) is 23.7 Å². The van der Waals surface area contributed by atoms with Crippen LogP contribution in [0.3, 0.4) is 0 Å². The van der Waals surface area contributed by atoms with E-state index in [0.29, 0.717) is 23.9 Å². The fourth-order valence-corrected chi connectivity index (χ4v) is 6.60. The lowest BCUT2D eigenvalue weighted by atomic mass is 9.86. The van der Waals surface area contributed by atoms with Crippen molar-refractivity contribution < 1.29 is 29.0 Å². The number of carboxylic acids is 1. The Labute approximate surface area is 261 Å². The zero-order valence-electron chi connectivity index (χ0n) is 27.4. The highest BCUT2D eigenvalue weighted by molar-refractivity contribution is 7.09. The maximum absolute atomic E-state index is 14.6. The molecule has 0 unspecified atom stereocenters. The molecule has 244 valence electrons. The van der Waals surface area contributed by atoms with Crippen molar-refractivity contribution in [2.45, 2.75) is 118 Å². The highest BCUT2D eigenvalue weighted by atomic mass is 32.1. The molecule has 10 nitrogen and oxygen atoms in total. The number of piperidine rings is 1. The highest BCUT2D eigenvalue weighted by Gasteiger charge is 2.40. The molecule has 1 aromatic rings. The van der Waals surface area contributed by atoms with Crippen molar-refractivity contribution in [3.63, 3.8) is 0 Å². The van der Waals surface area contributed by atoms with Gasteiger partial charge in [-0.3, -0.25) is 19.3 Å². The van der Waals surface area contributed by atoms with Gasteiger partial charge in [0.05, 0.1) is 6.17 Å². The number of hydrogen-bond acceptors (Lipinski definition) is 8. The normalized spacial score (nSPS) is 20.2. The average Bonchev–Trinajstić information content (AvgIpc) is 3.44. The quantitative estimate of drug-likeness (QED) is 0.128. The van der Waals surface area contributed by atoms with Crippen LogP contribution in [0.4, 0.5) is 0 Å². The summed E-state index contributed by atoms with van der Waals surface area (Å²) < 4.78 is 5.68. The Morgan fingerprint density at radius 3 is 2.44 bits per heavy atom. The molecule has 0 aliphatic carbocycles. The summed E-state index contributed by atoms with van der Waals surface area (Å²) >= 11 is 1.12. The predicted octanol–water partition coefficient (Wildman–Crippen LogP) is 5.74. The van der Waals surface area contributed by atoms with Crippen molar-refractivity contribution in [2.75, 3.05) is 20.1 Å². The number of likely N-dealkylation sites (tertiary alicyclic amines) is 1. The molecule has 0 spiro atoms. The number of carboxylic acid groups (broad SMARTS) is 1. The minimum atomic E-state index is -1.15. The summed E-state index contributed by atoms with van der Waals surface area (Å²) in [6, 6.07) is -0.368. The zero-order chi connectivity index (χ0) is 32.3. The molecule has 2 amide bonds. The molecule has 0 radical (unpaired) electrons. The molecule has 1 fully saturated rings. The summed E-state index contributed by atoms with van der Waals surface area (Å²) in [4.78, 5) is 60.3. The van der Waals surface area contributed by atoms with Gasteiger partial charge in [-0.2, -0.15) is 0 Å². The van der Waals surface area contributed by atoms with Crippen LogP contribution in [0.5, 0.6) is 0 Å². The first-order valence-corrected chi connectivity index (χ1v) is 16.8. The summed E-state index contributed by atoms with van der Waals surface area (Å²) in [5, 5.41) is 14.4. The maximum atomic E-state index is 14.6. The Balaban J connectivity index is 2.46. The summed E-state index contributed by atoms with van der Waals surface area (Å²) in [6.45, 7) is 15.0. The molecule has 2 heterocycles. The third kappa shape index (κ3) is 10.8. The number of hydrogen-bond donors (Lipinski definition) is 2. The van der Waals surface area contributed by atoms with Gasteiger partial charge in [0, 0.05) is 37.9 Å². The molecule has 1 aromatic heterocycles. The third-order valence-electron chi connectivity index (χ3n) is 8.69. The van der Waals surface area contributed by atoms with Gasteiger partial charge in [0.2, 0.25) is 11.8 Å². The van der Waals surface area contributed by atoms with Gasteiger partial charge in [0.1, 0.15) is 10.9 Å². The largest absolute Gasteiger partial charge is 0.476 e. The van der Waals surface area contributed by atoms with E-state index in [1.165, 1.54) is 12.3 Å². The van der Waals surface area contributed by atoms with Gasteiger partial charge in [0.15, 0.2) is 11.8 Å². The Bertz CT molecular complexity index is 1060. The van der Waals surface area contributed by atoms with Crippen molar-refractivity contribution in [1.82, 2.24) is 20.1 Å². The van der Waals surface area contributed by atoms with Crippen LogP contribution in [0.1, 0.15) is 121 Å². The minimum absolute atomic E-state index is 0.0296. The first-order chi connectivity index (χ1) is 20.3. The number of unbranched alkanes of at least 4 members (excludes halogenated alkanes) is 3. The number of thiazole rings is 1. The molecule has 11 heteroatoms. The van der Waals surface area contributed by atoms with E-state index in [0.717, 1.165) is 56.4 Å². The Morgan fingerprint density at radius 1 is 1.19 bits per heavy atom. The van der Waals surface area contributed by atoms with E-state index in [2.05, 4.69) is 29.0 Å². The van der Waals surface area contributed by atoms with Gasteiger partial charge >= 0.3 is 11.9 Å². The molecule has 1 aliphatic heterocycles. The molecule has 1 saturated heterocycles. The lowest BCUT2D eigenvalue weighted by molar-refractivity contribution is -0.151. The number of ether oxygens (including phenoxy) is 1. The van der Waals surface area contributed by atoms with E-state index in [1.807, 2.05) is 39.6 Å². The molecule has 0 aromatic carbocycles. The number of carbonyl (C=O) groups is 4. The molecule has 2 N–H and O–H groups in total. The van der Waals surface area contributed by atoms with Crippen LogP contribution in [-0.2, 0) is 19.1 Å². The SMILES string of the molecule is CCCCCCN(C(=O)[C@H](C(=O)N[C@H]1C[C@H](C)CCN1C)[C@@H](C)CC)[C@H](C[C@@H](OC(C)=O)c1nc(C(=O)O)cs1)C(C)C. The number of rotatable bonds is 17. The van der Waals surface area contributed by atoms with Crippen LogP contribution in [0.2, 0.25) is 0 Å². The second-order valence-corrected chi connectivity index (χ2v) is 13.5. The van der Waals surface area contributed by atoms with E-state index < -0.39 is 24.0 Å². The van der Waals surface area contributed by atoms with Crippen molar-refractivity contribution in [3.8, 4) is 0 Å². The lowest BCUT2D eigenvalue weighted by Gasteiger charge is -2.40. The number of aromatic carboxylic acids is 1. The molecule has 0 bridgehead atoms. The topological polar surface area (TPSA) is 129 Å². The van der Waals surface area contributed by atoms with Crippen LogP contribution >= 0.6 is 11.3 Å². The second kappa shape index (κ2) is 17.7. The van der Waals surface area contributed by atoms with Gasteiger partial charge < -0.3 is 20.1 Å². The van der Waals surface area contributed by atoms with Gasteiger partial charge in [-0.25, -0.2) is 9.78 Å². The van der Waals surface area contributed by atoms with Crippen molar-refractivity contribution in [1.29, 1.82) is 0 Å². The molecule has 43 heavy (non-hydrogen) atoms. The first-order valence-electron chi connectivity index (χ1n) is 16.0. The van der Waals surface area contributed by atoms with Crippen LogP contribution in [0.15, 0.2) is 5.38 Å². The molecule has 2 rings (SSSR count).